The molecule has 0 amide bonds. The fourth-order valence-corrected chi connectivity index (χ4v) is 2.48. The van der Waals surface area contributed by atoms with Gasteiger partial charge in [-0.05, 0) is 93.9 Å². The van der Waals surface area contributed by atoms with Gasteiger partial charge >= 0.3 is 0 Å². The van der Waals surface area contributed by atoms with E-state index >= 15 is 0 Å². The zero-order valence-electron chi connectivity index (χ0n) is 14.2. The molecule has 0 bridgehead atoms. The van der Waals surface area contributed by atoms with Crippen molar-refractivity contribution in [3.8, 4) is 5.75 Å². The summed E-state index contributed by atoms with van der Waals surface area (Å²) in [5.41, 5.74) is 9.74. The number of aryl methyl sites for hydroxylation is 1. The molecule has 1 aromatic carbocycles. The van der Waals surface area contributed by atoms with Gasteiger partial charge in [-0.25, -0.2) is 0 Å². The Balaban J connectivity index is 2.85. The number of aliphatic hydroxyl groups is 1. The molecule has 0 spiro atoms. The number of rotatable bonds is 6. The summed E-state index contributed by atoms with van der Waals surface area (Å²) in [4.78, 5) is 0. The molecule has 116 valence electrons. The van der Waals surface area contributed by atoms with Gasteiger partial charge in [0.05, 0.1) is 13.2 Å². The monoisotopic (exact) mass is 288 g/mol. The molecule has 1 N–H and O–H groups in total. The van der Waals surface area contributed by atoms with Gasteiger partial charge in [0.25, 0.3) is 0 Å². The summed E-state index contributed by atoms with van der Waals surface area (Å²) < 4.78 is 5.42. The third-order valence-electron chi connectivity index (χ3n) is 3.99. The molecular formula is C19H28O2. The lowest BCUT2D eigenvalue weighted by molar-refractivity contribution is 0.198. The van der Waals surface area contributed by atoms with Crippen molar-refractivity contribution in [2.45, 2.75) is 60.0 Å². The van der Waals surface area contributed by atoms with Crippen LogP contribution < -0.4 is 4.74 Å². The first-order chi connectivity index (χ1) is 9.86. The molecule has 0 saturated carbocycles. The third kappa shape index (κ3) is 5.08. The molecule has 0 aromatic heterocycles. The minimum Gasteiger partial charge on any atom is -0.496 e. The lowest BCUT2D eigenvalue weighted by atomic mass is 9.93. The van der Waals surface area contributed by atoms with E-state index in [2.05, 4.69) is 39.5 Å². The lowest BCUT2D eigenvalue weighted by Crippen LogP contribution is -2.00. The van der Waals surface area contributed by atoms with Gasteiger partial charge in [0.15, 0.2) is 0 Å². The number of hydrogen-bond acceptors (Lipinski definition) is 2. The molecule has 0 heterocycles. The van der Waals surface area contributed by atoms with E-state index in [9.17, 15) is 5.11 Å². The second kappa shape index (κ2) is 8.07. The second-order valence-electron chi connectivity index (χ2n) is 5.84. The van der Waals surface area contributed by atoms with Crippen molar-refractivity contribution in [2.75, 3.05) is 7.11 Å². The van der Waals surface area contributed by atoms with E-state index in [4.69, 9.17) is 4.74 Å². The molecule has 1 atom stereocenters. The summed E-state index contributed by atoms with van der Waals surface area (Å²) in [5.74, 6) is 0.970. The minimum atomic E-state index is -0.293. The summed E-state index contributed by atoms with van der Waals surface area (Å²) in [6, 6.07) is 2.12. The van der Waals surface area contributed by atoms with E-state index in [-0.39, 0.29) is 6.10 Å². The molecule has 21 heavy (non-hydrogen) atoms. The highest BCUT2D eigenvalue weighted by Gasteiger charge is 2.10. The first-order valence-corrected chi connectivity index (χ1v) is 7.59. The van der Waals surface area contributed by atoms with Crippen LogP contribution in [-0.4, -0.2) is 18.3 Å². The smallest absolute Gasteiger partial charge is 0.122 e. The standard InChI is InChI=1S/C19H28O2/c1-13(8-7-9-15(3)20)10-11-18-14(2)12-19(21-6)17(5)16(18)4/h7,12,15,20H,9-11H2,1-6H3/t8?,15-/m0/s1. The Morgan fingerprint density at radius 2 is 2.00 bits per heavy atom. The number of aliphatic hydroxyl groups excluding tert-OH is 1. The first kappa shape index (κ1) is 17.6. The van der Waals surface area contributed by atoms with E-state index in [1.807, 2.05) is 6.08 Å². The number of methoxy groups -OCH3 is 1. The molecule has 0 unspecified atom stereocenters. The van der Waals surface area contributed by atoms with E-state index in [0.717, 1.165) is 18.6 Å². The van der Waals surface area contributed by atoms with Gasteiger partial charge in [-0.1, -0.05) is 0 Å². The number of benzene rings is 1. The molecule has 0 fully saturated rings. The van der Waals surface area contributed by atoms with Gasteiger partial charge in [-0.3, -0.25) is 0 Å². The molecule has 0 aliphatic rings. The highest BCUT2D eigenvalue weighted by Crippen LogP contribution is 2.28. The molecule has 0 aliphatic carbocycles. The van der Waals surface area contributed by atoms with Gasteiger partial charge in [-0.15, -0.1) is 5.73 Å². The fraction of sp³-hybridized carbons (Fsp3) is 0.526. The van der Waals surface area contributed by atoms with Crippen molar-refractivity contribution in [2.24, 2.45) is 0 Å². The van der Waals surface area contributed by atoms with Crippen LogP contribution >= 0.6 is 0 Å². The van der Waals surface area contributed by atoms with Crippen molar-refractivity contribution in [1.29, 1.82) is 0 Å². The Kier molecular flexibility index (Phi) is 6.74. The average molecular weight is 288 g/mol. The summed E-state index contributed by atoms with van der Waals surface area (Å²) in [6.07, 6.45) is 4.31. The van der Waals surface area contributed by atoms with Crippen LogP contribution in [0.1, 0.15) is 48.9 Å². The second-order valence-corrected chi connectivity index (χ2v) is 5.84. The molecular weight excluding hydrogens is 260 g/mol. The Bertz CT molecular complexity index is 547. The van der Waals surface area contributed by atoms with E-state index in [0.29, 0.717) is 6.42 Å². The van der Waals surface area contributed by atoms with Crippen molar-refractivity contribution in [3.63, 3.8) is 0 Å². The minimum absolute atomic E-state index is 0.293. The molecule has 2 heteroatoms. The predicted octanol–water partition coefficient (Wildman–Crippen LogP) is 4.43. The van der Waals surface area contributed by atoms with Gasteiger partial charge in [-0.2, -0.15) is 0 Å². The van der Waals surface area contributed by atoms with Crippen molar-refractivity contribution in [3.05, 3.63) is 45.7 Å². The van der Waals surface area contributed by atoms with Gasteiger partial charge in [0.1, 0.15) is 5.75 Å². The van der Waals surface area contributed by atoms with Gasteiger partial charge < -0.3 is 9.84 Å². The summed E-state index contributed by atoms with van der Waals surface area (Å²) in [6.45, 7) is 10.3. The zero-order valence-corrected chi connectivity index (χ0v) is 14.2. The topological polar surface area (TPSA) is 29.5 Å². The van der Waals surface area contributed by atoms with Crippen LogP contribution in [-0.2, 0) is 6.42 Å². The number of hydrogen-bond donors (Lipinski definition) is 1. The Morgan fingerprint density at radius 1 is 1.33 bits per heavy atom. The van der Waals surface area contributed by atoms with Crippen LogP contribution in [0.4, 0.5) is 0 Å². The fourth-order valence-electron chi connectivity index (χ4n) is 2.48. The first-order valence-electron chi connectivity index (χ1n) is 7.59. The average Bonchev–Trinajstić information content (AvgIpc) is 2.42. The maximum atomic E-state index is 9.23. The molecule has 1 rings (SSSR count). The maximum Gasteiger partial charge on any atom is 0.122 e. The summed E-state index contributed by atoms with van der Waals surface area (Å²) in [5, 5.41) is 9.23. The SMILES string of the molecule is COc1cc(C)c(CCC(C)=C=CC[C@H](C)O)c(C)c1C. The molecule has 2 nitrogen and oxygen atoms in total. The predicted molar refractivity (Wildman–Crippen MR) is 89.1 cm³/mol. The van der Waals surface area contributed by atoms with Crippen LogP contribution in [0.3, 0.4) is 0 Å². The van der Waals surface area contributed by atoms with Gasteiger partial charge in [0.2, 0.25) is 0 Å². The van der Waals surface area contributed by atoms with Crippen LogP contribution in [0.5, 0.6) is 5.75 Å². The Morgan fingerprint density at radius 3 is 2.57 bits per heavy atom. The Labute approximate surface area is 129 Å². The van der Waals surface area contributed by atoms with Crippen LogP contribution in [0.2, 0.25) is 0 Å². The lowest BCUT2D eigenvalue weighted by Gasteiger charge is -2.16. The van der Waals surface area contributed by atoms with Crippen molar-refractivity contribution in [1.82, 2.24) is 0 Å². The van der Waals surface area contributed by atoms with Crippen molar-refractivity contribution < 1.29 is 9.84 Å². The van der Waals surface area contributed by atoms with Crippen LogP contribution in [0.15, 0.2) is 23.4 Å². The van der Waals surface area contributed by atoms with E-state index < -0.39 is 0 Å². The molecule has 0 radical (unpaired) electrons. The molecule has 1 aromatic rings. The zero-order chi connectivity index (χ0) is 16.0. The summed E-state index contributed by atoms with van der Waals surface area (Å²) >= 11 is 0. The quantitative estimate of drug-likeness (QED) is 0.785. The van der Waals surface area contributed by atoms with E-state index in [1.54, 1.807) is 14.0 Å². The number of ether oxygens (including phenoxy) is 1. The largest absolute Gasteiger partial charge is 0.496 e. The highest BCUT2D eigenvalue weighted by atomic mass is 16.5. The highest BCUT2D eigenvalue weighted by molar-refractivity contribution is 5.48. The van der Waals surface area contributed by atoms with Gasteiger partial charge in [0, 0.05) is 0 Å². The third-order valence-corrected chi connectivity index (χ3v) is 3.99. The Hall–Kier alpha value is -1.50. The van der Waals surface area contributed by atoms with E-state index in [1.165, 1.54) is 27.8 Å². The molecule has 0 saturated heterocycles. The van der Waals surface area contributed by atoms with Crippen molar-refractivity contribution >= 4 is 0 Å². The normalized spacial score (nSPS) is 11.8. The van der Waals surface area contributed by atoms with Crippen LogP contribution in [0, 0.1) is 20.8 Å². The summed E-state index contributed by atoms with van der Waals surface area (Å²) in [7, 11) is 1.72. The molecule has 0 aliphatic heterocycles. The maximum absolute atomic E-state index is 9.23. The van der Waals surface area contributed by atoms with Crippen LogP contribution in [0.25, 0.3) is 0 Å².